The normalized spacial score (nSPS) is 10.8. The van der Waals surface area contributed by atoms with Crippen LogP contribution in [0, 0.1) is 11.7 Å². The largest absolute Gasteiger partial charge is 0.477 e. The fraction of sp³-hybridized carbons (Fsp3) is 0.267. The second kappa shape index (κ2) is 6.09. The van der Waals surface area contributed by atoms with E-state index in [9.17, 15) is 4.39 Å². The van der Waals surface area contributed by atoms with Gasteiger partial charge in [0.25, 0.3) is 0 Å². The Bertz CT molecular complexity index is 600. The summed E-state index contributed by atoms with van der Waals surface area (Å²) >= 11 is 6.07. The number of nitrogen functional groups attached to an aromatic ring is 1. The topological polar surface area (TPSA) is 48.1 Å². The number of hydrogen-bond donors (Lipinski definition) is 1. The lowest BCUT2D eigenvalue weighted by atomic mass is 10.1. The summed E-state index contributed by atoms with van der Waals surface area (Å²) in [6.07, 6.45) is 1.60. The van der Waals surface area contributed by atoms with Crippen molar-refractivity contribution < 1.29 is 9.13 Å². The van der Waals surface area contributed by atoms with Gasteiger partial charge in [0.2, 0.25) is 5.88 Å². The number of nitrogens with two attached hydrogens (primary N) is 1. The number of rotatable bonds is 4. The molecule has 0 spiro atoms. The van der Waals surface area contributed by atoms with Gasteiger partial charge in [0.1, 0.15) is 5.82 Å². The predicted octanol–water partition coefficient (Wildman–Crippen LogP) is 4.16. The highest BCUT2D eigenvalue weighted by Gasteiger charge is 2.09. The van der Waals surface area contributed by atoms with Crippen LogP contribution in [-0.4, -0.2) is 11.6 Å². The molecule has 1 aromatic carbocycles. The molecule has 0 saturated heterocycles. The maximum atomic E-state index is 13.5. The van der Waals surface area contributed by atoms with Gasteiger partial charge in [-0.3, -0.25) is 0 Å². The maximum Gasteiger partial charge on any atom is 0.213 e. The van der Waals surface area contributed by atoms with Gasteiger partial charge in [-0.15, -0.1) is 0 Å². The Hall–Kier alpha value is -1.81. The minimum absolute atomic E-state index is 0.0311. The lowest BCUT2D eigenvalue weighted by molar-refractivity contribution is 0.261. The van der Waals surface area contributed by atoms with Crippen molar-refractivity contribution in [1.29, 1.82) is 0 Å². The zero-order chi connectivity index (χ0) is 14.7. The fourth-order valence-electron chi connectivity index (χ4n) is 1.66. The van der Waals surface area contributed by atoms with Gasteiger partial charge in [0.05, 0.1) is 17.3 Å². The zero-order valence-electron chi connectivity index (χ0n) is 11.4. The Morgan fingerprint density at radius 1 is 1.35 bits per heavy atom. The van der Waals surface area contributed by atoms with Gasteiger partial charge in [-0.25, -0.2) is 9.37 Å². The smallest absolute Gasteiger partial charge is 0.213 e. The second-order valence-electron chi connectivity index (χ2n) is 4.94. The zero-order valence-corrected chi connectivity index (χ0v) is 12.1. The molecule has 0 radical (unpaired) electrons. The van der Waals surface area contributed by atoms with Crippen LogP contribution in [0.2, 0.25) is 5.02 Å². The van der Waals surface area contributed by atoms with E-state index in [1.807, 2.05) is 0 Å². The standard InChI is InChI=1S/C15H16ClFN2O/c1-9(2)8-20-15-4-3-10(7-19-15)11-5-13(17)14(18)6-12(11)16/h3-7,9H,8,18H2,1-2H3. The Morgan fingerprint density at radius 3 is 2.70 bits per heavy atom. The van der Waals surface area contributed by atoms with Crippen molar-refractivity contribution in [3.63, 3.8) is 0 Å². The fourth-order valence-corrected chi connectivity index (χ4v) is 1.94. The summed E-state index contributed by atoms with van der Waals surface area (Å²) in [7, 11) is 0. The Balaban J connectivity index is 2.24. The van der Waals surface area contributed by atoms with Gasteiger partial charge in [0, 0.05) is 23.4 Å². The Kier molecular flexibility index (Phi) is 4.45. The summed E-state index contributed by atoms with van der Waals surface area (Å²) in [5.41, 5.74) is 6.77. The summed E-state index contributed by atoms with van der Waals surface area (Å²) in [4.78, 5) is 4.19. The van der Waals surface area contributed by atoms with Crippen LogP contribution in [0.1, 0.15) is 13.8 Å². The van der Waals surface area contributed by atoms with E-state index < -0.39 is 5.82 Å². The molecule has 0 aliphatic rings. The molecule has 0 saturated carbocycles. The van der Waals surface area contributed by atoms with Gasteiger partial charge in [-0.1, -0.05) is 25.4 Å². The average Bonchev–Trinajstić information content (AvgIpc) is 2.41. The highest BCUT2D eigenvalue weighted by Crippen LogP contribution is 2.31. The first-order valence-corrected chi connectivity index (χ1v) is 6.69. The van der Waals surface area contributed by atoms with Gasteiger partial charge in [0.15, 0.2) is 0 Å². The first-order chi connectivity index (χ1) is 9.47. The third kappa shape index (κ3) is 3.39. The summed E-state index contributed by atoms with van der Waals surface area (Å²) < 4.78 is 19.0. The molecule has 0 atom stereocenters. The van der Waals surface area contributed by atoms with Crippen molar-refractivity contribution in [3.05, 3.63) is 41.3 Å². The van der Waals surface area contributed by atoms with Crippen LogP contribution < -0.4 is 10.5 Å². The van der Waals surface area contributed by atoms with Crippen molar-refractivity contribution in [2.45, 2.75) is 13.8 Å². The molecule has 1 aromatic heterocycles. The molecule has 0 bridgehead atoms. The second-order valence-corrected chi connectivity index (χ2v) is 5.35. The van der Waals surface area contributed by atoms with Crippen LogP contribution in [0.15, 0.2) is 30.5 Å². The lowest BCUT2D eigenvalue weighted by Crippen LogP contribution is -2.05. The maximum absolute atomic E-state index is 13.5. The van der Waals surface area contributed by atoms with E-state index in [4.69, 9.17) is 22.1 Å². The first-order valence-electron chi connectivity index (χ1n) is 6.31. The molecular weight excluding hydrogens is 279 g/mol. The molecule has 0 amide bonds. The minimum atomic E-state index is -0.496. The van der Waals surface area contributed by atoms with Crippen molar-refractivity contribution >= 4 is 17.3 Å². The highest BCUT2D eigenvalue weighted by molar-refractivity contribution is 6.33. The molecule has 2 N–H and O–H groups in total. The monoisotopic (exact) mass is 294 g/mol. The van der Waals surface area contributed by atoms with Crippen LogP contribution in [-0.2, 0) is 0 Å². The van der Waals surface area contributed by atoms with Crippen molar-refractivity contribution in [3.8, 4) is 17.0 Å². The SMILES string of the molecule is CC(C)COc1ccc(-c2cc(F)c(N)cc2Cl)cn1. The molecule has 2 aromatic rings. The molecule has 106 valence electrons. The van der Waals surface area contributed by atoms with Gasteiger partial charge >= 0.3 is 0 Å². The number of hydrogen-bond acceptors (Lipinski definition) is 3. The van der Waals surface area contributed by atoms with Crippen molar-refractivity contribution in [2.24, 2.45) is 5.92 Å². The van der Waals surface area contributed by atoms with E-state index in [1.54, 1.807) is 18.3 Å². The van der Waals surface area contributed by atoms with E-state index in [0.717, 1.165) is 0 Å². The molecule has 0 unspecified atom stereocenters. The molecule has 0 aliphatic carbocycles. The molecular formula is C15H16ClFN2O. The van der Waals surface area contributed by atoms with Crippen LogP contribution in [0.3, 0.4) is 0 Å². The summed E-state index contributed by atoms with van der Waals surface area (Å²) in [5.74, 6) is 0.469. The van der Waals surface area contributed by atoms with E-state index in [0.29, 0.717) is 34.6 Å². The van der Waals surface area contributed by atoms with E-state index >= 15 is 0 Å². The number of benzene rings is 1. The first kappa shape index (κ1) is 14.6. The molecule has 2 rings (SSSR count). The quantitative estimate of drug-likeness (QED) is 0.861. The van der Waals surface area contributed by atoms with Crippen LogP contribution in [0.4, 0.5) is 10.1 Å². The van der Waals surface area contributed by atoms with E-state index in [-0.39, 0.29) is 5.69 Å². The highest BCUT2D eigenvalue weighted by atomic mass is 35.5. The van der Waals surface area contributed by atoms with Gasteiger partial charge in [-0.05, 0) is 24.1 Å². The number of nitrogens with zero attached hydrogens (tertiary/aromatic N) is 1. The summed E-state index contributed by atoms with van der Waals surface area (Å²) in [5, 5.41) is 0.390. The lowest BCUT2D eigenvalue weighted by Gasteiger charge is -2.09. The molecule has 5 heteroatoms. The third-order valence-corrected chi connectivity index (χ3v) is 3.01. The van der Waals surface area contributed by atoms with Gasteiger partial charge < -0.3 is 10.5 Å². The minimum Gasteiger partial charge on any atom is -0.477 e. The summed E-state index contributed by atoms with van der Waals surface area (Å²) in [6.45, 7) is 4.72. The molecule has 0 aliphatic heterocycles. The van der Waals surface area contributed by atoms with Crippen LogP contribution in [0.25, 0.3) is 11.1 Å². The molecule has 20 heavy (non-hydrogen) atoms. The Morgan fingerprint density at radius 2 is 2.10 bits per heavy atom. The van der Waals surface area contributed by atoms with Crippen LogP contribution in [0.5, 0.6) is 5.88 Å². The molecule has 0 fully saturated rings. The Labute approximate surface area is 122 Å². The number of halogens is 2. The van der Waals surface area contributed by atoms with Crippen molar-refractivity contribution in [2.75, 3.05) is 12.3 Å². The third-order valence-electron chi connectivity index (χ3n) is 2.70. The molecule has 1 heterocycles. The number of pyridine rings is 1. The number of ether oxygens (including phenoxy) is 1. The molecule has 3 nitrogen and oxygen atoms in total. The van der Waals surface area contributed by atoms with Crippen molar-refractivity contribution in [1.82, 2.24) is 4.98 Å². The van der Waals surface area contributed by atoms with Gasteiger partial charge in [-0.2, -0.15) is 0 Å². The summed E-state index contributed by atoms with van der Waals surface area (Å²) in [6, 6.07) is 6.24. The van der Waals surface area contributed by atoms with Crippen LogP contribution >= 0.6 is 11.6 Å². The number of aromatic nitrogens is 1. The van der Waals surface area contributed by atoms with E-state index in [2.05, 4.69) is 18.8 Å². The van der Waals surface area contributed by atoms with E-state index in [1.165, 1.54) is 12.1 Å². The number of anilines is 1. The predicted molar refractivity (Wildman–Crippen MR) is 79.4 cm³/mol. The average molecular weight is 295 g/mol.